The number of rotatable bonds is 4. The van der Waals surface area contributed by atoms with Gasteiger partial charge in [0, 0.05) is 18.6 Å². The maximum absolute atomic E-state index is 12.7. The summed E-state index contributed by atoms with van der Waals surface area (Å²) in [6.07, 6.45) is 0.792. The second kappa shape index (κ2) is 5.34. The number of hydrogen-bond donors (Lipinski definition) is 1. The Hall–Kier alpha value is -0.980. The van der Waals surface area contributed by atoms with Crippen LogP contribution in [0.3, 0.4) is 0 Å². The normalized spacial score (nSPS) is 22.0. The molecule has 0 radical (unpaired) electrons. The first kappa shape index (κ1) is 13.5. The quantitative estimate of drug-likeness (QED) is 0.830. The van der Waals surface area contributed by atoms with Crippen molar-refractivity contribution in [2.24, 2.45) is 11.7 Å². The van der Waals surface area contributed by atoms with Crippen molar-refractivity contribution >= 4 is 9.84 Å². The summed E-state index contributed by atoms with van der Waals surface area (Å²) in [5.74, 6) is -0.505. The van der Waals surface area contributed by atoms with Gasteiger partial charge < -0.3 is 10.5 Å². The molecule has 0 aliphatic carbocycles. The average Bonchev–Trinajstić information content (AvgIpc) is 2.82. The predicted octanol–water partition coefficient (Wildman–Crippen LogP) is 0.963. The molecule has 1 heterocycles. The second-order valence-corrected chi connectivity index (χ2v) is 6.56. The first-order chi connectivity index (χ1) is 8.49. The van der Waals surface area contributed by atoms with Gasteiger partial charge in [-0.15, -0.1) is 0 Å². The lowest BCUT2D eigenvalue weighted by atomic mass is 10.0. The number of sulfone groups is 1. The van der Waals surface area contributed by atoms with E-state index in [1.54, 1.807) is 0 Å². The van der Waals surface area contributed by atoms with Crippen LogP contribution in [-0.4, -0.2) is 33.4 Å². The predicted molar refractivity (Wildman–Crippen MR) is 65.4 cm³/mol. The molecule has 0 bridgehead atoms. The fourth-order valence-corrected chi connectivity index (χ4v) is 3.54. The van der Waals surface area contributed by atoms with E-state index in [-0.39, 0.29) is 16.6 Å². The van der Waals surface area contributed by atoms with Gasteiger partial charge in [-0.25, -0.2) is 12.8 Å². The molecule has 100 valence electrons. The summed E-state index contributed by atoms with van der Waals surface area (Å²) in [4.78, 5) is 0.110. The molecule has 0 amide bonds. The van der Waals surface area contributed by atoms with Crippen LogP contribution in [0, 0.1) is 11.7 Å². The number of hydrogen-bond acceptors (Lipinski definition) is 4. The number of nitrogens with two attached hydrogens (primary N) is 1. The van der Waals surface area contributed by atoms with E-state index in [9.17, 15) is 12.8 Å². The molecule has 1 aromatic carbocycles. The average molecular weight is 273 g/mol. The Labute approximate surface area is 106 Å². The van der Waals surface area contributed by atoms with Gasteiger partial charge in [-0.1, -0.05) is 0 Å². The minimum atomic E-state index is -3.46. The lowest BCUT2D eigenvalue weighted by molar-refractivity contribution is 0.182. The molecule has 1 fully saturated rings. The van der Waals surface area contributed by atoms with Crippen molar-refractivity contribution in [3.05, 3.63) is 30.1 Å². The number of ether oxygens (including phenoxy) is 1. The van der Waals surface area contributed by atoms with Crippen LogP contribution in [0.1, 0.15) is 6.42 Å². The van der Waals surface area contributed by atoms with Crippen molar-refractivity contribution in [2.75, 3.05) is 19.0 Å². The highest BCUT2D eigenvalue weighted by Gasteiger charge is 2.28. The van der Waals surface area contributed by atoms with Crippen LogP contribution in [-0.2, 0) is 14.6 Å². The van der Waals surface area contributed by atoms with Crippen molar-refractivity contribution in [3.63, 3.8) is 0 Å². The van der Waals surface area contributed by atoms with Gasteiger partial charge in [0.05, 0.1) is 17.3 Å². The van der Waals surface area contributed by atoms with Crippen molar-refractivity contribution in [3.8, 4) is 0 Å². The molecule has 1 aliphatic heterocycles. The van der Waals surface area contributed by atoms with Gasteiger partial charge in [0.2, 0.25) is 0 Å². The molecule has 6 heteroatoms. The lowest BCUT2D eigenvalue weighted by Gasteiger charge is -2.17. The zero-order chi connectivity index (χ0) is 13.2. The van der Waals surface area contributed by atoms with E-state index < -0.39 is 21.7 Å². The Morgan fingerprint density at radius 1 is 1.39 bits per heavy atom. The summed E-state index contributed by atoms with van der Waals surface area (Å²) in [6.45, 7) is 1.15. The van der Waals surface area contributed by atoms with Gasteiger partial charge in [0.25, 0.3) is 0 Å². The van der Waals surface area contributed by atoms with Gasteiger partial charge in [0.15, 0.2) is 9.84 Å². The SMILES string of the molecule is NC(CS(=O)(=O)c1ccc(F)cc1)C1CCOC1. The molecule has 1 aliphatic rings. The minimum absolute atomic E-state index is 0.0835. The topological polar surface area (TPSA) is 69.4 Å². The van der Waals surface area contributed by atoms with E-state index >= 15 is 0 Å². The zero-order valence-electron chi connectivity index (χ0n) is 9.88. The molecule has 18 heavy (non-hydrogen) atoms. The minimum Gasteiger partial charge on any atom is -0.381 e. The van der Waals surface area contributed by atoms with Gasteiger partial charge in [0.1, 0.15) is 5.82 Å². The van der Waals surface area contributed by atoms with Crippen LogP contribution in [0.15, 0.2) is 29.2 Å². The Morgan fingerprint density at radius 3 is 2.61 bits per heavy atom. The van der Waals surface area contributed by atoms with Gasteiger partial charge in [-0.05, 0) is 30.7 Å². The zero-order valence-corrected chi connectivity index (χ0v) is 10.7. The fraction of sp³-hybridized carbons (Fsp3) is 0.500. The van der Waals surface area contributed by atoms with E-state index in [2.05, 4.69) is 0 Å². The van der Waals surface area contributed by atoms with Crippen molar-refractivity contribution < 1.29 is 17.5 Å². The highest BCUT2D eigenvalue weighted by Crippen LogP contribution is 2.19. The summed E-state index contributed by atoms with van der Waals surface area (Å²) in [7, 11) is -3.46. The molecule has 2 rings (SSSR count). The van der Waals surface area contributed by atoms with E-state index in [0.29, 0.717) is 13.2 Å². The first-order valence-corrected chi connectivity index (χ1v) is 7.46. The monoisotopic (exact) mass is 273 g/mol. The molecule has 0 spiro atoms. The smallest absolute Gasteiger partial charge is 0.179 e. The standard InChI is InChI=1S/C12H16FNO3S/c13-10-1-3-11(4-2-10)18(15,16)8-12(14)9-5-6-17-7-9/h1-4,9,12H,5-8,14H2. The third kappa shape index (κ3) is 3.07. The Morgan fingerprint density at radius 2 is 2.06 bits per heavy atom. The Kier molecular flexibility index (Phi) is 3.99. The molecule has 2 N–H and O–H groups in total. The summed E-state index contributed by atoms with van der Waals surface area (Å²) in [5, 5.41) is 0. The van der Waals surface area contributed by atoms with E-state index in [4.69, 9.17) is 10.5 Å². The van der Waals surface area contributed by atoms with Crippen LogP contribution in [0.2, 0.25) is 0 Å². The fourth-order valence-electron chi connectivity index (χ4n) is 2.02. The molecule has 0 saturated carbocycles. The molecular formula is C12H16FNO3S. The molecule has 2 unspecified atom stereocenters. The van der Waals surface area contributed by atoms with E-state index in [1.165, 1.54) is 12.1 Å². The number of halogens is 1. The summed E-state index contributed by atoms with van der Waals surface area (Å²) in [5.41, 5.74) is 5.90. The highest BCUT2D eigenvalue weighted by atomic mass is 32.2. The molecule has 0 aromatic heterocycles. The largest absolute Gasteiger partial charge is 0.381 e. The lowest BCUT2D eigenvalue weighted by Crippen LogP contribution is -2.37. The summed E-state index contributed by atoms with van der Waals surface area (Å²) in [6, 6.07) is 4.36. The van der Waals surface area contributed by atoms with Crippen molar-refractivity contribution in [1.29, 1.82) is 0 Å². The van der Waals surface area contributed by atoms with Gasteiger partial charge in [-0.2, -0.15) is 0 Å². The molecule has 1 aromatic rings. The second-order valence-electron chi connectivity index (χ2n) is 4.52. The van der Waals surface area contributed by atoms with Crippen molar-refractivity contribution in [2.45, 2.75) is 17.4 Å². The Balaban J connectivity index is 2.09. The number of benzene rings is 1. The summed E-state index contributed by atoms with van der Waals surface area (Å²) >= 11 is 0. The summed E-state index contributed by atoms with van der Waals surface area (Å²) < 4.78 is 42.1. The van der Waals surface area contributed by atoms with E-state index in [1.807, 2.05) is 0 Å². The molecule has 4 nitrogen and oxygen atoms in total. The maximum Gasteiger partial charge on any atom is 0.179 e. The van der Waals surface area contributed by atoms with Crippen LogP contribution < -0.4 is 5.73 Å². The van der Waals surface area contributed by atoms with E-state index in [0.717, 1.165) is 18.6 Å². The van der Waals surface area contributed by atoms with Crippen LogP contribution >= 0.6 is 0 Å². The maximum atomic E-state index is 12.7. The first-order valence-electron chi connectivity index (χ1n) is 5.81. The van der Waals surface area contributed by atoms with Crippen molar-refractivity contribution in [1.82, 2.24) is 0 Å². The van der Waals surface area contributed by atoms with Gasteiger partial charge >= 0.3 is 0 Å². The van der Waals surface area contributed by atoms with Crippen LogP contribution in [0.4, 0.5) is 4.39 Å². The molecule has 1 saturated heterocycles. The third-order valence-electron chi connectivity index (χ3n) is 3.16. The highest BCUT2D eigenvalue weighted by molar-refractivity contribution is 7.91. The Bertz CT molecular complexity index is 495. The molecule has 2 atom stereocenters. The van der Waals surface area contributed by atoms with Crippen LogP contribution in [0.5, 0.6) is 0 Å². The van der Waals surface area contributed by atoms with Crippen LogP contribution in [0.25, 0.3) is 0 Å². The molecular weight excluding hydrogens is 257 g/mol. The third-order valence-corrected chi connectivity index (χ3v) is 4.97. The van der Waals surface area contributed by atoms with Gasteiger partial charge in [-0.3, -0.25) is 0 Å².